The highest BCUT2D eigenvalue weighted by atomic mass is 16.5. The predicted molar refractivity (Wildman–Crippen MR) is 102 cm³/mol. The van der Waals surface area contributed by atoms with E-state index in [0.717, 1.165) is 38.9 Å². The van der Waals surface area contributed by atoms with Crippen molar-refractivity contribution in [2.45, 2.75) is 84.0 Å². The summed E-state index contributed by atoms with van der Waals surface area (Å²) in [7, 11) is 2.94. The van der Waals surface area contributed by atoms with Crippen LogP contribution < -0.4 is 0 Å². The number of ether oxygens (including phenoxy) is 3. The molecule has 1 heterocycles. The maximum Gasteiger partial charge on any atom is 0.311 e. The molecule has 0 bridgehead atoms. The number of esters is 2. The fourth-order valence-corrected chi connectivity index (χ4v) is 3.80. The Bertz CT molecular complexity index is 384. The second-order valence-corrected chi connectivity index (χ2v) is 7.79. The van der Waals surface area contributed by atoms with Crippen molar-refractivity contribution >= 4 is 11.9 Å². The minimum atomic E-state index is -0.174. The number of carbonyl (C=O) groups excluding carboxylic acids is 2. The van der Waals surface area contributed by atoms with Crippen molar-refractivity contribution in [1.82, 2.24) is 0 Å². The number of hydrogen-bond donors (Lipinski definition) is 0. The van der Waals surface area contributed by atoms with Gasteiger partial charge < -0.3 is 14.2 Å². The van der Waals surface area contributed by atoms with Crippen LogP contribution in [0.2, 0.25) is 0 Å². The van der Waals surface area contributed by atoms with Gasteiger partial charge in [-0.15, -0.1) is 0 Å². The second kappa shape index (κ2) is 13.1. The minimum Gasteiger partial charge on any atom is -0.469 e. The van der Waals surface area contributed by atoms with E-state index in [-0.39, 0.29) is 23.3 Å². The van der Waals surface area contributed by atoms with Crippen LogP contribution in [0, 0.1) is 11.3 Å². The second-order valence-electron chi connectivity index (χ2n) is 7.79. The molecular formula is C21H38O5. The van der Waals surface area contributed by atoms with Crippen molar-refractivity contribution in [3.63, 3.8) is 0 Å². The summed E-state index contributed by atoms with van der Waals surface area (Å²) in [5, 5.41) is 0. The average molecular weight is 371 g/mol. The zero-order chi connectivity index (χ0) is 19.3. The summed E-state index contributed by atoms with van der Waals surface area (Å²) in [5.41, 5.74) is -0.174. The molecule has 2 saturated carbocycles. The lowest BCUT2D eigenvalue weighted by Crippen LogP contribution is -2.31. The van der Waals surface area contributed by atoms with Crippen LogP contribution in [0.25, 0.3) is 0 Å². The van der Waals surface area contributed by atoms with E-state index >= 15 is 0 Å². The van der Waals surface area contributed by atoms with Gasteiger partial charge in [-0.05, 0) is 45.4 Å². The molecule has 0 spiro atoms. The quantitative estimate of drug-likeness (QED) is 0.661. The Kier molecular flexibility index (Phi) is 11.6. The summed E-state index contributed by atoms with van der Waals surface area (Å²) in [4.78, 5) is 22.2. The van der Waals surface area contributed by atoms with E-state index in [0.29, 0.717) is 0 Å². The van der Waals surface area contributed by atoms with Crippen LogP contribution in [-0.2, 0) is 23.8 Å². The molecule has 0 amide bonds. The van der Waals surface area contributed by atoms with Crippen molar-refractivity contribution in [3.8, 4) is 0 Å². The first-order valence-electron chi connectivity index (χ1n) is 10.3. The summed E-state index contributed by atoms with van der Waals surface area (Å²) >= 11 is 0. The molecule has 0 radical (unpaired) electrons. The van der Waals surface area contributed by atoms with Gasteiger partial charge in [0.25, 0.3) is 0 Å². The van der Waals surface area contributed by atoms with Crippen molar-refractivity contribution in [3.05, 3.63) is 0 Å². The lowest BCUT2D eigenvalue weighted by Gasteiger charge is -2.30. The van der Waals surface area contributed by atoms with Gasteiger partial charge in [-0.1, -0.05) is 38.5 Å². The fourth-order valence-electron chi connectivity index (χ4n) is 3.80. The van der Waals surface area contributed by atoms with Crippen molar-refractivity contribution in [1.29, 1.82) is 0 Å². The van der Waals surface area contributed by atoms with Crippen LogP contribution in [0.15, 0.2) is 0 Å². The summed E-state index contributed by atoms with van der Waals surface area (Å²) in [6.45, 7) is 4.01. The zero-order valence-electron chi connectivity index (χ0n) is 17.0. The van der Waals surface area contributed by atoms with Crippen LogP contribution in [0.1, 0.15) is 84.0 Å². The third-order valence-electron chi connectivity index (χ3n) is 5.60. The molecule has 152 valence electrons. The standard InChI is InChI=1S/C9H16O2.C8H14O2.C4H8O/c1-9(8(10)11-2)6-4-3-5-7-9;1-10-8(9)7-5-3-2-4-6-7;1-2-4-5-3-1/h3-7H2,1-2H3;7H,2-6H2,1H3;1-4H2. The molecule has 2 aliphatic carbocycles. The van der Waals surface area contributed by atoms with Crippen LogP contribution in [0.5, 0.6) is 0 Å². The number of methoxy groups -OCH3 is 2. The molecule has 0 atom stereocenters. The van der Waals surface area contributed by atoms with Gasteiger partial charge in [-0.2, -0.15) is 0 Å². The highest BCUT2D eigenvalue weighted by Gasteiger charge is 2.35. The zero-order valence-corrected chi connectivity index (χ0v) is 17.0. The third kappa shape index (κ3) is 8.52. The fraction of sp³-hybridized carbons (Fsp3) is 0.905. The molecule has 0 unspecified atom stereocenters. The van der Waals surface area contributed by atoms with E-state index in [1.807, 2.05) is 6.92 Å². The Labute approximate surface area is 159 Å². The Morgan fingerprint density at radius 3 is 1.77 bits per heavy atom. The molecule has 1 aliphatic heterocycles. The molecule has 26 heavy (non-hydrogen) atoms. The molecule has 3 aliphatic rings. The van der Waals surface area contributed by atoms with Gasteiger partial charge >= 0.3 is 11.9 Å². The molecule has 0 N–H and O–H groups in total. The Balaban J connectivity index is 0.000000208. The Morgan fingerprint density at radius 1 is 0.808 bits per heavy atom. The van der Waals surface area contributed by atoms with E-state index in [2.05, 4.69) is 4.74 Å². The van der Waals surface area contributed by atoms with Gasteiger partial charge in [0.15, 0.2) is 0 Å². The summed E-state index contributed by atoms with van der Waals surface area (Å²) < 4.78 is 14.3. The first kappa shape index (κ1) is 22.9. The van der Waals surface area contributed by atoms with Gasteiger partial charge in [0.1, 0.15) is 0 Å². The molecule has 3 rings (SSSR count). The van der Waals surface area contributed by atoms with Gasteiger partial charge in [0.05, 0.1) is 25.6 Å². The first-order chi connectivity index (χ1) is 12.5. The van der Waals surface area contributed by atoms with E-state index in [1.54, 1.807) is 0 Å². The smallest absolute Gasteiger partial charge is 0.311 e. The van der Waals surface area contributed by atoms with E-state index < -0.39 is 0 Å². The Morgan fingerprint density at radius 2 is 1.35 bits per heavy atom. The third-order valence-corrected chi connectivity index (χ3v) is 5.60. The van der Waals surface area contributed by atoms with Crippen LogP contribution in [0.3, 0.4) is 0 Å². The highest BCUT2D eigenvalue weighted by Crippen LogP contribution is 2.36. The average Bonchev–Trinajstić information content (AvgIpc) is 3.28. The minimum absolute atomic E-state index is 0.0142. The van der Waals surface area contributed by atoms with Gasteiger partial charge in [-0.25, -0.2) is 0 Å². The van der Waals surface area contributed by atoms with Crippen LogP contribution in [-0.4, -0.2) is 39.4 Å². The van der Waals surface area contributed by atoms with E-state index in [1.165, 1.54) is 65.6 Å². The van der Waals surface area contributed by atoms with Gasteiger partial charge in [0.2, 0.25) is 0 Å². The topological polar surface area (TPSA) is 61.8 Å². The predicted octanol–water partition coefficient (Wildman–Crippen LogP) is 4.67. The molecule has 5 nitrogen and oxygen atoms in total. The first-order valence-corrected chi connectivity index (χ1v) is 10.3. The molecule has 5 heteroatoms. The molecular weight excluding hydrogens is 332 g/mol. The monoisotopic (exact) mass is 370 g/mol. The lowest BCUT2D eigenvalue weighted by atomic mass is 9.76. The number of carbonyl (C=O) groups is 2. The summed E-state index contributed by atoms with van der Waals surface area (Å²) in [5.74, 6) is 0.163. The van der Waals surface area contributed by atoms with Crippen LogP contribution >= 0.6 is 0 Å². The van der Waals surface area contributed by atoms with Crippen molar-refractivity contribution in [2.75, 3.05) is 27.4 Å². The van der Waals surface area contributed by atoms with Crippen molar-refractivity contribution in [2.24, 2.45) is 11.3 Å². The highest BCUT2D eigenvalue weighted by molar-refractivity contribution is 5.76. The molecule has 0 aromatic rings. The summed E-state index contributed by atoms with van der Waals surface area (Å²) in [6, 6.07) is 0. The van der Waals surface area contributed by atoms with Crippen LogP contribution in [0.4, 0.5) is 0 Å². The summed E-state index contributed by atoms with van der Waals surface area (Å²) in [6.07, 6.45) is 13.9. The van der Waals surface area contributed by atoms with Gasteiger partial charge in [0, 0.05) is 13.2 Å². The molecule has 1 saturated heterocycles. The molecule has 0 aromatic heterocycles. The SMILES string of the molecule is C1CCOC1.COC(=O)C1(C)CCCCC1.COC(=O)C1CCCCC1. The Hall–Kier alpha value is -1.10. The maximum absolute atomic E-state index is 11.3. The largest absolute Gasteiger partial charge is 0.469 e. The number of rotatable bonds is 2. The number of hydrogen-bond acceptors (Lipinski definition) is 5. The lowest BCUT2D eigenvalue weighted by molar-refractivity contribution is -0.153. The molecule has 0 aromatic carbocycles. The van der Waals surface area contributed by atoms with E-state index in [9.17, 15) is 9.59 Å². The van der Waals surface area contributed by atoms with Crippen molar-refractivity contribution < 1.29 is 23.8 Å². The molecule has 3 fully saturated rings. The van der Waals surface area contributed by atoms with Gasteiger partial charge in [-0.3, -0.25) is 9.59 Å². The normalized spacial score (nSPS) is 22.1. The maximum atomic E-state index is 11.3. The van der Waals surface area contributed by atoms with E-state index in [4.69, 9.17) is 9.47 Å².